The number of pyridine rings is 1. The first kappa shape index (κ1) is 12.1. The third-order valence-corrected chi connectivity index (χ3v) is 3.43. The maximum absolute atomic E-state index is 11.3. The van der Waals surface area contributed by atoms with Gasteiger partial charge in [-0.05, 0) is 0 Å². The summed E-state index contributed by atoms with van der Waals surface area (Å²) < 4.78 is 29.0. The lowest BCUT2D eigenvalue weighted by Gasteiger charge is -2.00. The monoisotopic (exact) mass is 230 g/mol. The van der Waals surface area contributed by atoms with E-state index < -0.39 is 10.1 Å². The summed E-state index contributed by atoms with van der Waals surface area (Å²) in [7, 11) is -2.39. The van der Waals surface area contributed by atoms with Gasteiger partial charge in [-0.2, -0.15) is 8.42 Å². The van der Waals surface area contributed by atoms with Gasteiger partial charge in [0.1, 0.15) is 11.4 Å². The predicted octanol–water partition coefficient (Wildman–Crippen LogP) is 1.11. The van der Waals surface area contributed by atoms with Crippen molar-refractivity contribution in [2.24, 2.45) is 0 Å². The molecule has 1 rings (SSSR count). The lowest BCUT2D eigenvalue weighted by Crippen LogP contribution is -2.32. The molecule has 0 unspecified atom stereocenters. The second kappa shape index (κ2) is 5.23. The first-order chi connectivity index (χ1) is 7.10. The van der Waals surface area contributed by atoms with Crippen LogP contribution in [0.1, 0.15) is 19.8 Å². The molecule has 4 nitrogen and oxygen atoms in total. The maximum atomic E-state index is 11.3. The molecular weight excluding hydrogens is 214 g/mol. The highest BCUT2D eigenvalue weighted by atomic mass is 32.2. The molecule has 0 amide bonds. The molecule has 0 saturated carbocycles. The fourth-order valence-corrected chi connectivity index (χ4v) is 1.84. The van der Waals surface area contributed by atoms with Crippen molar-refractivity contribution in [3.8, 4) is 0 Å². The molecule has 0 aliphatic rings. The Morgan fingerprint density at radius 3 is 2.40 bits per heavy atom. The van der Waals surface area contributed by atoms with Gasteiger partial charge in [0.25, 0.3) is 10.1 Å². The Morgan fingerprint density at radius 1 is 1.33 bits per heavy atom. The minimum Gasteiger partial charge on any atom is -0.270 e. The van der Waals surface area contributed by atoms with Gasteiger partial charge >= 0.3 is 0 Å². The van der Waals surface area contributed by atoms with E-state index in [1.54, 1.807) is 24.5 Å². The molecule has 0 radical (unpaired) electrons. The number of aryl methyl sites for hydroxylation is 1. The molecule has 1 aromatic rings. The zero-order valence-corrected chi connectivity index (χ0v) is 9.83. The summed E-state index contributed by atoms with van der Waals surface area (Å²) in [5, 5.41) is 0. The minimum atomic E-state index is -3.55. The molecule has 0 spiro atoms. The summed E-state index contributed by atoms with van der Waals surface area (Å²) in [5.41, 5.74) is 0. The average Bonchev–Trinajstić information content (AvgIpc) is 2.27. The van der Waals surface area contributed by atoms with Gasteiger partial charge in [0.15, 0.2) is 12.4 Å². The van der Waals surface area contributed by atoms with Gasteiger partial charge in [-0.15, -0.1) is 0 Å². The van der Waals surface area contributed by atoms with E-state index in [1.807, 2.05) is 4.57 Å². The molecule has 0 saturated heterocycles. The lowest BCUT2D eigenvalue weighted by atomic mass is 10.3. The summed E-state index contributed by atoms with van der Waals surface area (Å²) in [4.78, 5) is 0.192. The largest absolute Gasteiger partial charge is 0.297 e. The van der Waals surface area contributed by atoms with Crippen LogP contribution >= 0.6 is 0 Å². The minimum absolute atomic E-state index is 0.192. The molecule has 1 aromatic heterocycles. The summed E-state index contributed by atoms with van der Waals surface area (Å²) >= 11 is 0. The van der Waals surface area contributed by atoms with E-state index in [-0.39, 0.29) is 4.90 Å². The molecule has 0 aromatic carbocycles. The van der Waals surface area contributed by atoms with Crippen LogP contribution in [0.25, 0.3) is 0 Å². The van der Waals surface area contributed by atoms with Crippen molar-refractivity contribution in [3.63, 3.8) is 0 Å². The zero-order chi connectivity index (χ0) is 11.3. The molecule has 0 bridgehead atoms. The van der Waals surface area contributed by atoms with E-state index in [0.717, 1.165) is 26.5 Å². The van der Waals surface area contributed by atoms with Crippen LogP contribution in [-0.4, -0.2) is 15.5 Å². The van der Waals surface area contributed by atoms with Crippen molar-refractivity contribution >= 4 is 10.1 Å². The van der Waals surface area contributed by atoms with Crippen molar-refractivity contribution in [1.82, 2.24) is 0 Å². The second-order valence-corrected chi connectivity index (χ2v) is 4.96. The van der Waals surface area contributed by atoms with Crippen molar-refractivity contribution in [2.45, 2.75) is 31.2 Å². The normalized spacial score (nSPS) is 11.6. The van der Waals surface area contributed by atoms with Crippen molar-refractivity contribution < 1.29 is 17.2 Å². The van der Waals surface area contributed by atoms with E-state index in [0.29, 0.717) is 0 Å². The molecule has 5 heteroatoms. The number of rotatable bonds is 5. The van der Waals surface area contributed by atoms with Crippen LogP contribution in [0, 0.1) is 0 Å². The molecule has 0 N–H and O–H groups in total. The van der Waals surface area contributed by atoms with Gasteiger partial charge < -0.3 is 0 Å². The smallest absolute Gasteiger partial charge is 0.270 e. The van der Waals surface area contributed by atoms with E-state index in [4.69, 9.17) is 0 Å². The van der Waals surface area contributed by atoms with Crippen LogP contribution in [0.5, 0.6) is 0 Å². The Hall–Kier alpha value is -0.940. The van der Waals surface area contributed by atoms with Gasteiger partial charge in [-0.25, -0.2) is 4.57 Å². The van der Waals surface area contributed by atoms with Crippen LogP contribution in [-0.2, 0) is 20.8 Å². The Balaban J connectivity index is 2.81. The molecule has 0 fully saturated rings. The van der Waals surface area contributed by atoms with Gasteiger partial charge in [-0.3, -0.25) is 4.18 Å². The van der Waals surface area contributed by atoms with Crippen LogP contribution in [0.3, 0.4) is 0 Å². The topological polar surface area (TPSA) is 47.2 Å². The Labute approximate surface area is 90.6 Å². The highest BCUT2D eigenvalue weighted by molar-refractivity contribution is 7.86. The molecular formula is C10H16NO3S+. The molecule has 0 atom stereocenters. The molecule has 84 valence electrons. The quantitative estimate of drug-likeness (QED) is 0.562. The molecule has 0 aliphatic carbocycles. The van der Waals surface area contributed by atoms with E-state index in [2.05, 4.69) is 11.1 Å². The fraction of sp³-hybridized carbons (Fsp3) is 0.500. The van der Waals surface area contributed by atoms with Crippen LogP contribution in [0.2, 0.25) is 0 Å². The number of unbranched alkanes of at least 4 members (excludes halogenated alkanes) is 1. The predicted molar refractivity (Wildman–Crippen MR) is 55.7 cm³/mol. The number of hydrogen-bond donors (Lipinski definition) is 0. The fourth-order valence-electron chi connectivity index (χ4n) is 1.20. The van der Waals surface area contributed by atoms with Crippen molar-refractivity contribution in [2.75, 3.05) is 7.11 Å². The van der Waals surface area contributed by atoms with Crippen LogP contribution in [0.4, 0.5) is 0 Å². The Bertz CT molecular complexity index is 397. The number of nitrogens with zero attached hydrogens (tertiary/aromatic N) is 1. The Kier molecular flexibility index (Phi) is 4.23. The van der Waals surface area contributed by atoms with Crippen molar-refractivity contribution in [3.05, 3.63) is 24.5 Å². The summed E-state index contributed by atoms with van der Waals surface area (Å²) in [6.45, 7) is 3.02. The third-order valence-electron chi connectivity index (χ3n) is 2.14. The SMILES string of the molecule is CCCC[n+]1ccc(S(=O)(=O)OC)cc1. The van der Waals surface area contributed by atoms with Crippen LogP contribution in [0.15, 0.2) is 29.4 Å². The second-order valence-electron chi connectivity index (χ2n) is 3.25. The maximum Gasteiger partial charge on any atom is 0.297 e. The van der Waals surface area contributed by atoms with Crippen LogP contribution < -0.4 is 4.57 Å². The summed E-state index contributed by atoms with van der Waals surface area (Å²) in [6.07, 6.45) is 5.70. The molecule has 0 aliphatic heterocycles. The van der Waals surface area contributed by atoms with Gasteiger partial charge in [0.05, 0.1) is 7.11 Å². The van der Waals surface area contributed by atoms with Gasteiger partial charge in [0.2, 0.25) is 0 Å². The number of aromatic nitrogens is 1. The first-order valence-corrected chi connectivity index (χ1v) is 6.30. The standard InChI is InChI=1S/C10H16NO3S/c1-3-4-7-11-8-5-10(6-9-11)15(12,13)14-2/h5-6,8-9H,3-4,7H2,1-2H3/q+1. The lowest BCUT2D eigenvalue weighted by molar-refractivity contribution is -0.697. The molecule has 1 heterocycles. The van der Waals surface area contributed by atoms with E-state index >= 15 is 0 Å². The Morgan fingerprint density at radius 2 is 1.93 bits per heavy atom. The summed E-state index contributed by atoms with van der Waals surface area (Å²) in [5.74, 6) is 0. The first-order valence-electron chi connectivity index (χ1n) is 4.90. The summed E-state index contributed by atoms with van der Waals surface area (Å²) in [6, 6.07) is 3.10. The average molecular weight is 230 g/mol. The zero-order valence-electron chi connectivity index (χ0n) is 9.01. The van der Waals surface area contributed by atoms with Gasteiger partial charge in [0, 0.05) is 18.6 Å². The van der Waals surface area contributed by atoms with E-state index in [1.165, 1.54) is 0 Å². The highest BCUT2D eigenvalue weighted by Gasteiger charge is 2.14. The number of hydrogen-bond acceptors (Lipinski definition) is 3. The highest BCUT2D eigenvalue weighted by Crippen LogP contribution is 2.07. The van der Waals surface area contributed by atoms with Crippen molar-refractivity contribution in [1.29, 1.82) is 0 Å². The third kappa shape index (κ3) is 3.28. The van der Waals surface area contributed by atoms with Gasteiger partial charge in [-0.1, -0.05) is 13.3 Å². The molecule has 15 heavy (non-hydrogen) atoms. The van der Waals surface area contributed by atoms with E-state index in [9.17, 15) is 8.42 Å².